The molecule has 1 unspecified atom stereocenters. The molecule has 2 aliphatic carbocycles. The molecule has 1 atom stereocenters. The highest BCUT2D eigenvalue weighted by atomic mass is 16.1. The van der Waals surface area contributed by atoms with Crippen LogP contribution in [0.25, 0.3) is 0 Å². The molecule has 0 amide bonds. The van der Waals surface area contributed by atoms with Crippen LogP contribution in [-0.4, -0.2) is 5.78 Å². The van der Waals surface area contributed by atoms with E-state index in [2.05, 4.69) is 19.9 Å². The van der Waals surface area contributed by atoms with E-state index in [0.717, 1.165) is 12.8 Å². The molecular formula is C12H16O. The zero-order valence-electron chi connectivity index (χ0n) is 8.39. The fraction of sp³-hybridized carbons (Fsp3) is 0.583. The highest BCUT2D eigenvalue weighted by Gasteiger charge is 2.33. The standard InChI is InChI=1S/C12H16O/c1-9-3-5-12(2)6-4-11(13)8-10(12)7-9/h7-8H,3-6H2,1-2H3. The maximum absolute atomic E-state index is 11.3. The number of hydrogen-bond acceptors (Lipinski definition) is 1. The number of allylic oxidation sites excluding steroid dienone is 4. The van der Waals surface area contributed by atoms with E-state index in [1.54, 1.807) is 0 Å². The lowest BCUT2D eigenvalue weighted by Gasteiger charge is -2.37. The zero-order chi connectivity index (χ0) is 9.47. The van der Waals surface area contributed by atoms with Gasteiger partial charge in [-0.05, 0) is 43.3 Å². The highest BCUT2D eigenvalue weighted by Crippen LogP contribution is 2.45. The molecule has 0 aromatic carbocycles. The van der Waals surface area contributed by atoms with Crippen LogP contribution in [0.3, 0.4) is 0 Å². The molecule has 0 fully saturated rings. The summed E-state index contributed by atoms with van der Waals surface area (Å²) in [6.45, 7) is 4.44. The summed E-state index contributed by atoms with van der Waals surface area (Å²) >= 11 is 0. The van der Waals surface area contributed by atoms with E-state index in [0.29, 0.717) is 11.2 Å². The molecule has 70 valence electrons. The molecule has 0 heterocycles. The van der Waals surface area contributed by atoms with Crippen LogP contribution >= 0.6 is 0 Å². The smallest absolute Gasteiger partial charge is 0.156 e. The van der Waals surface area contributed by atoms with Crippen LogP contribution in [0.2, 0.25) is 0 Å². The van der Waals surface area contributed by atoms with Crippen molar-refractivity contribution in [2.24, 2.45) is 5.41 Å². The SMILES string of the molecule is CC1=CC2=CC(=O)CCC2(C)CC1. The van der Waals surface area contributed by atoms with Gasteiger partial charge in [0, 0.05) is 6.42 Å². The van der Waals surface area contributed by atoms with Crippen molar-refractivity contribution in [2.45, 2.75) is 39.5 Å². The lowest BCUT2D eigenvalue weighted by atomic mass is 9.67. The third-order valence-corrected chi connectivity index (χ3v) is 3.41. The number of hydrogen-bond donors (Lipinski definition) is 0. The Labute approximate surface area is 79.5 Å². The van der Waals surface area contributed by atoms with Crippen molar-refractivity contribution in [1.82, 2.24) is 0 Å². The molecule has 0 radical (unpaired) electrons. The lowest BCUT2D eigenvalue weighted by molar-refractivity contribution is -0.115. The van der Waals surface area contributed by atoms with Crippen molar-refractivity contribution >= 4 is 5.78 Å². The van der Waals surface area contributed by atoms with Gasteiger partial charge in [-0.3, -0.25) is 4.79 Å². The third-order valence-electron chi connectivity index (χ3n) is 3.41. The molecule has 0 aromatic heterocycles. The van der Waals surface area contributed by atoms with Gasteiger partial charge in [0.15, 0.2) is 5.78 Å². The van der Waals surface area contributed by atoms with Crippen molar-refractivity contribution in [3.8, 4) is 0 Å². The topological polar surface area (TPSA) is 17.1 Å². The van der Waals surface area contributed by atoms with Crippen LogP contribution in [0.1, 0.15) is 39.5 Å². The van der Waals surface area contributed by atoms with E-state index in [-0.39, 0.29) is 0 Å². The minimum atomic E-state index is 0.299. The first kappa shape index (κ1) is 8.74. The van der Waals surface area contributed by atoms with Gasteiger partial charge in [-0.25, -0.2) is 0 Å². The predicted octanol–water partition coefficient (Wildman–Crippen LogP) is 3.02. The van der Waals surface area contributed by atoms with Gasteiger partial charge in [0.2, 0.25) is 0 Å². The summed E-state index contributed by atoms with van der Waals surface area (Å²) in [6.07, 6.45) is 8.26. The summed E-state index contributed by atoms with van der Waals surface area (Å²) in [6, 6.07) is 0. The van der Waals surface area contributed by atoms with E-state index >= 15 is 0 Å². The maximum atomic E-state index is 11.3. The van der Waals surface area contributed by atoms with Gasteiger partial charge in [-0.2, -0.15) is 0 Å². The minimum Gasteiger partial charge on any atom is -0.295 e. The van der Waals surface area contributed by atoms with Crippen LogP contribution in [0, 0.1) is 5.41 Å². The number of carbonyl (C=O) groups is 1. The number of fused-ring (bicyclic) bond motifs is 1. The Balaban J connectivity index is 2.41. The quantitative estimate of drug-likeness (QED) is 0.554. The van der Waals surface area contributed by atoms with Gasteiger partial charge in [0.05, 0.1) is 0 Å². The largest absolute Gasteiger partial charge is 0.295 e. The second kappa shape index (κ2) is 2.83. The summed E-state index contributed by atoms with van der Waals surface area (Å²) in [7, 11) is 0. The Kier molecular flexibility index (Phi) is 1.90. The summed E-state index contributed by atoms with van der Waals surface area (Å²) in [5, 5.41) is 0. The summed E-state index contributed by atoms with van der Waals surface area (Å²) in [4.78, 5) is 11.3. The van der Waals surface area contributed by atoms with Gasteiger partial charge in [-0.15, -0.1) is 0 Å². The van der Waals surface area contributed by atoms with Crippen LogP contribution in [0.5, 0.6) is 0 Å². The molecule has 0 aromatic rings. The fourth-order valence-electron chi connectivity index (χ4n) is 2.26. The van der Waals surface area contributed by atoms with Gasteiger partial charge >= 0.3 is 0 Å². The van der Waals surface area contributed by atoms with E-state index in [1.807, 2.05) is 6.08 Å². The number of carbonyl (C=O) groups excluding carboxylic acids is 1. The first-order chi connectivity index (χ1) is 6.10. The Morgan fingerprint density at radius 3 is 2.69 bits per heavy atom. The van der Waals surface area contributed by atoms with E-state index in [4.69, 9.17) is 0 Å². The third kappa shape index (κ3) is 1.48. The second-order valence-electron chi connectivity index (χ2n) is 4.62. The monoisotopic (exact) mass is 176 g/mol. The molecular weight excluding hydrogens is 160 g/mol. The van der Waals surface area contributed by atoms with Crippen molar-refractivity contribution in [3.05, 3.63) is 23.3 Å². The molecule has 0 spiro atoms. The molecule has 2 aliphatic rings. The first-order valence-corrected chi connectivity index (χ1v) is 5.02. The molecule has 0 bridgehead atoms. The van der Waals surface area contributed by atoms with Crippen molar-refractivity contribution < 1.29 is 4.79 Å². The second-order valence-corrected chi connectivity index (χ2v) is 4.62. The highest BCUT2D eigenvalue weighted by molar-refractivity contribution is 5.92. The van der Waals surface area contributed by atoms with Gasteiger partial charge in [-0.1, -0.05) is 18.6 Å². The molecule has 1 nitrogen and oxygen atoms in total. The van der Waals surface area contributed by atoms with Crippen LogP contribution in [0.4, 0.5) is 0 Å². The number of rotatable bonds is 0. The Morgan fingerprint density at radius 2 is 1.92 bits per heavy atom. The fourth-order valence-corrected chi connectivity index (χ4v) is 2.26. The molecule has 0 saturated carbocycles. The molecule has 0 saturated heterocycles. The first-order valence-electron chi connectivity index (χ1n) is 5.02. The van der Waals surface area contributed by atoms with E-state index in [9.17, 15) is 4.79 Å². The normalized spacial score (nSPS) is 33.5. The average Bonchev–Trinajstić information content (AvgIpc) is 2.08. The van der Waals surface area contributed by atoms with Crippen LogP contribution in [0.15, 0.2) is 23.3 Å². The number of ketones is 1. The molecule has 0 N–H and O–H groups in total. The van der Waals surface area contributed by atoms with Crippen molar-refractivity contribution in [3.63, 3.8) is 0 Å². The molecule has 13 heavy (non-hydrogen) atoms. The van der Waals surface area contributed by atoms with E-state index < -0.39 is 0 Å². The molecule has 0 aliphatic heterocycles. The van der Waals surface area contributed by atoms with E-state index in [1.165, 1.54) is 24.0 Å². The molecule has 2 rings (SSSR count). The maximum Gasteiger partial charge on any atom is 0.156 e. The van der Waals surface area contributed by atoms with Crippen LogP contribution < -0.4 is 0 Å². The minimum absolute atomic E-state index is 0.299. The predicted molar refractivity (Wildman–Crippen MR) is 53.4 cm³/mol. The van der Waals surface area contributed by atoms with Gasteiger partial charge in [0.1, 0.15) is 0 Å². The van der Waals surface area contributed by atoms with Gasteiger partial charge < -0.3 is 0 Å². The Hall–Kier alpha value is -0.850. The lowest BCUT2D eigenvalue weighted by Crippen LogP contribution is -2.27. The summed E-state index contributed by atoms with van der Waals surface area (Å²) in [5.41, 5.74) is 2.99. The molecule has 1 heteroatoms. The van der Waals surface area contributed by atoms with Gasteiger partial charge in [0.25, 0.3) is 0 Å². The Morgan fingerprint density at radius 1 is 1.23 bits per heavy atom. The van der Waals surface area contributed by atoms with Crippen molar-refractivity contribution in [2.75, 3.05) is 0 Å². The summed E-state index contributed by atoms with van der Waals surface area (Å²) < 4.78 is 0. The summed E-state index contributed by atoms with van der Waals surface area (Å²) in [5.74, 6) is 0.304. The average molecular weight is 176 g/mol. The zero-order valence-corrected chi connectivity index (χ0v) is 8.39. The van der Waals surface area contributed by atoms with Crippen LogP contribution in [-0.2, 0) is 4.79 Å². The Bertz CT molecular complexity index is 309. The van der Waals surface area contributed by atoms with Crippen molar-refractivity contribution in [1.29, 1.82) is 0 Å².